The monoisotopic (exact) mass is 403 g/mol. The lowest BCUT2D eigenvalue weighted by Gasteiger charge is -2.05. The van der Waals surface area contributed by atoms with Gasteiger partial charge in [0.05, 0.1) is 10.5 Å². The smallest absolute Gasteiger partial charge is 0.343 e. The molecule has 1 heterocycles. The van der Waals surface area contributed by atoms with Crippen molar-refractivity contribution in [2.75, 3.05) is 0 Å². The van der Waals surface area contributed by atoms with Gasteiger partial charge in [-0.25, -0.2) is 4.79 Å². The second kappa shape index (κ2) is 7.02. The van der Waals surface area contributed by atoms with E-state index in [4.69, 9.17) is 4.74 Å². The molecule has 0 aromatic heterocycles. The van der Waals surface area contributed by atoms with Gasteiger partial charge in [-0.2, -0.15) is 0 Å². The van der Waals surface area contributed by atoms with Crippen LogP contribution in [0.15, 0.2) is 57.9 Å². The Labute approximate surface area is 150 Å². The Morgan fingerprint density at radius 2 is 1.88 bits per heavy atom. The topological polar surface area (TPSA) is 72.5 Å². The van der Waals surface area contributed by atoms with Gasteiger partial charge >= 0.3 is 5.97 Å². The average Bonchev–Trinajstić information content (AvgIpc) is 2.87. The molecule has 120 valence electrons. The third-order valence-corrected chi connectivity index (χ3v) is 4.39. The highest BCUT2D eigenvalue weighted by molar-refractivity contribution is 9.10. The van der Waals surface area contributed by atoms with E-state index in [0.29, 0.717) is 16.2 Å². The number of carbonyl (C=O) groups excluding carboxylic acids is 3. The van der Waals surface area contributed by atoms with E-state index >= 15 is 0 Å². The standard InChI is InChI=1S/C17H10BrNO4S/c18-12-3-1-2-11(9-12)16(21)23-13-6-4-10(5-7-13)8-14-15(20)19-17(22)24-14/h1-9H,(H,19,20,22)/b14-8+. The lowest BCUT2D eigenvalue weighted by atomic mass is 10.2. The highest BCUT2D eigenvalue weighted by atomic mass is 79.9. The maximum Gasteiger partial charge on any atom is 0.343 e. The first-order valence-corrected chi connectivity index (χ1v) is 8.45. The number of amides is 2. The molecular weight excluding hydrogens is 394 g/mol. The van der Waals surface area contributed by atoms with E-state index < -0.39 is 11.9 Å². The van der Waals surface area contributed by atoms with E-state index in [1.54, 1.807) is 48.5 Å². The summed E-state index contributed by atoms with van der Waals surface area (Å²) >= 11 is 4.16. The Morgan fingerprint density at radius 1 is 1.12 bits per heavy atom. The number of halogens is 1. The number of benzene rings is 2. The second-order valence-corrected chi connectivity index (χ2v) is 6.75. The molecule has 24 heavy (non-hydrogen) atoms. The zero-order valence-corrected chi connectivity index (χ0v) is 14.5. The molecule has 1 fully saturated rings. The molecule has 2 aromatic carbocycles. The van der Waals surface area contributed by atoms with Crippen LogP contribution in [0.5, 0.6) is 5.75 Å². The number of hydrogen-bond donors (Lipinski definition) is 1. The number of imide groups is 1. The zero-order chi connectivity index (χ0) is 17.1. The zero-order valence-electron chi connectivity index (χ0n) is 12.1. The van der Waals surface area contributed by atoms with Crippen molar-refractivity contribution < 1.29 is 19.1 Å². The Hall–Kier alpha value is -2.38. The van der Waals surface area contributed by atoms with Crippen LogP contribution in [0, 0.1) is 0 Å². The van der Waals surface area contributed by atoms with Crippen molar-refractivity contribution in [3.8, 4) is 5.75 Å². The van der Waals surface area contributed by atoms with Crippen LogP contribution in [0.4, 0.5) is 4.79 Å². The number of rotatable bonds is 3. The number of esters is 1. The van der Waals surface area contributed by atoms with E-state index in [1.165, 1.54) is 0 Å². The van der Waals surface area contributed by atoms with E-state index in [1.807, 2.05) is 6.07 Å². The molecule has 1 saturated heterocycles. The molecule has 1 N–H and O–H groups in total. The first-order chi connectivity index (χ1) is 11.5. The summed E-state index contributed by atoms with van der Waals surface area (Å²) in [4.78, 5) is 35.0. The summed E-state index contributed by atoms with van der Waals surface area (Å²) in [6.07, 6.45) is 1.60. The van der Waals surface area contributed by atoms with Crippen molar-refractivity contribution >= 4 is 50.9 Å². The first-order valence-electron chi connectivity index (χ1n) is 6.84. The molecule has 3 rings (SSSR count). The van der Waals surface area contributed by atoms with Gasteiger partial charge in [-0.3, -0.25) is 14.9 Å². The lowest BCUT2D eigenvalue weighted by molar-refractivity contribution is -0.115. The highest BCUT2D eigenvalue weighted by Gasteiger charge is 2.24. The number of carbonyl (C=O) groups is 3. The minimum Gasteiger partial charge on any atom is -0.423 e. The van der Waals surface area contributed by atoms with Crippen LogP contribution in [0.25, 0.3) is 6.08 Å². The Morgan fingerprint density at radius 3 is 2.50 bits per heavy atom. The van der Waals surface area contributed by atoms with Crippen molar-refractivity contribution in [1.82, 2.24) is 5.32 Å². The molecule has 1 aliphatic rings. The molecule has 0 radical (unpaired) electrons. The predicted octanol–water partition coefficient (Wildman–Crippen LogP) is 3.99. The summed E-state index contributed by atoms with van der Waals surface area (Å²) in [5, 5.41) is 1.81. The first kappa shape index (κ1) is 16.5. The lowest BCUT2D eigenvalue weighted by Crippen LogP contribution is -2.17. The maximum atomic E-state index is 12.1. The van der Waals surface area contributed by atoms with Gasteiger partial charge < -0.3 is 4.74 Å². The summed E-state index contributed by atoms with van der Waals surface area (Å²) in [7, 11) is 0. The fourth-order valence-electron chi connectivity index (χ4n) is 1.99. The molecule has 5 nitrogen and oxygen atoms in total. The van der Waals surface area contributed by atoms with Gasteiger partial charge in [0.25, 0.3) is 11.1 Å². The molecule has 2 aromatic rings. The van der Waals surface area contributed by atoms with Crippen LogP contribution < -0.4 is 10.1 Å². The van der Waals surface area contributed by atoms with E-state index in [-0.39, 0.29) is 5.24 Å². The number of hydrogen-bond acceptors (Lipinski definition) is 5. The van der Waals surface area contributed by atoms with Crippen LogP contribution in [-0.4, -0.2) is 17.1 Å². The summed E-state index contributed by atoms with van der Waals surface area (Å²) in [5.41, 5.74) is 1.16. The normalized spacial score (nSPS) is 15.5. The highest BCUT2D eigenvalue weighted by Crippen LogP contribution is 2.26. The number of nitrogens with one attached hydrogen (secondary N) is 1. The third kappa shape index (κ3) is 3.93. The Balaban J connectivity index is 1.71. The van der Waals surface area contributed by atoms with Gasteiger partial charge in [-0.05, 0) is 53.7 Å². The molecule has 7 heteroatoms. The minimum absolute atomic E-state index is 0.332. The molecule has 0 bridgehead atoms. The Kier molecular flexibility index (Phi) is 4.82. The predicted molar refractivity (Wildman–Crippen MR) is 94.6 cm³/mol. The van der Waals surface area contributed by atoms with Crippen LogP contribution in [0.3, 0.4) is 0 Å². The minimum atomic E-state index is -0.460. The second-order valence-electron chi connectivity index (χ2n) is 4.82. The fraction of sp³-hybridized carbons (Fsp3) is 0. The van der Waals surface area contributed by atoms with Gasteiger partial charge in [0.15, 0.2) is 0 Å². The fourth-order valence-corrected chi connectivity index (χ4v) is 3.07. The molecular formula is C17H10BrNO4S. The number of ether oxygens (including phenoxy) is 1. The van der Waals surface area contributed by atoms with Gasteiger partial charge in [-0.1, -0.05) is 34.1 Å². The van der Waals surface area contributed by atoms with Crippen LogP contribution in [-0.2, 0) is 4.79 Å². The van der Waals surface area contributed by atoms with Crippen molar-refractivity contribution in [3.63, 3.8) is 0 Å². The largest absolute Gasteiger partial charge is 0.423 e. The number of thioether (sulfide) groups is 1. The van der Waals surface area contributed by atoms with Crippen molar-refractivity contribution in [1.29, 1.82) is 0 Å². The molecule has 0 aliphatic carbocycles. The van der Waals surface area contributed by atoms with E-state index in [0.717, 1.165) is 21.8 Å². The maximum absolute atomic E-state index is 12.1. The Bertz CT molecular complexity index is 861. The molecule has 0 spiro atoms. The molecule has 1 aliphatic heterocycles. The SMILES string of the molecule is O=C1NC(=O)/C(=C\c2ccc(OC(=O)c3cccc(Br)c3)cc2)S1. The van der Waals surface area contributed by atoms with Gasteiger partial charge in [-0.15, -0.1) is 0 Å². The molecule has 0 unspecified atom stereocenters. The summed E-state index contributed by atoms with van der Waals surface area (Å²) in [6, 6.07) is 13.6. The average molecular weight is 404 g/mol. The van der Waals surface area contributed by atoms with Crippen LogP contribution in [0.2, 0.25) is 0 Å². The summed E-state index contributed by atoms with van der Waals surface area (Å²) < 4.78 is 6.09. The molecule has 0 saturated carbocycles. The molecule has 2 amide bonds. The van der Waals surface area contributed by atoms with Crippen molar-refractivity contribution in [2.24, 2.45) is 0 Å². The van der Waals surface area contributed by atoms with Crippen LogP contribution in [0.1, 0.15) is 15.9 Å². The summed E-state index contributed by atoms with van der Waals surface area (Å²) in [6.45, 7) is 0. The molecule has 0 atom stereocenters. The van der Waals surface area contributed by atoms with Gasteiger partial charge in [0, 0.05) is 4.47 Å². The summed E-state index contributed by atoms with van der Waals surface area (Å²) in [5.74, 6) is -0.476. The van der Waals surface area contributed by atoms with Gasteiger partial charge in [0.2, 0.25) is 0 Å². The van der Waals surface area contributed by atoms with E-state index in [9.17, 15) is 14.4 Å². The third-order valence-electron chi connectivity index (χ3n) is 3.09. The van der Waals surface area contributed by atoms with Crippen LogP contribution >= 0.6 is 27.7 Å². The van der Waals surface area contributed by atoms with E-state index in [2.05, 4.69) is 21.2 Å². The van der Waals surface area contributed by atoms with Gasteiger partial charge in [0.1, 0.15) is 5.75 Å². The van der Waals surface area contributed by atoms with Crippen molar-refractivity contribution in [2.45, 2.75) is 0 Å². The quantitative estimate of drug-likeness (QED) is 0.476. The van der Waals surface area contributed by atoms with Crippen molar-refractivity contribution in [3.05, 3.63) is 69.0 Å².